The number of hydrogen-bond donors (Lipinski definition) is 1. The van der Waals surface area contributed by atoms with Crippen LogP contribution in [0.1, 0.15) is 11.6 Å². The van der Waals surface area contributed by atoms with Gasteiger partial charge in [-0.05, 0) is 24.3 Å². The van der Waals surface area contributed by atoms with Crippen LogP contribution in [0.25, 0.3) is 10.9 Å². The molecule has 4 nitrogen and oxygen atoms in total. The molecule has 0 amide bonds. The van der Waals surface area contributed by atoms with Crippen LogP contribution in [0.3, 0.4) is 0 Å². The number of rotatable bonds is 4. The first kappa shape index (κ1) is 14.4. The molecule has 0 fully saturated rings. The van der Waals surface area contributed by atoms with Crippen molar-refractivity contribution in [2.24, 2.45) is 0 Å². The van der Waals surface area contributed by atoms with Gasteiger partial charge in [-0.15, -0.1) is 0 Å². The molecule has 0 radical (unpaired) electrons. The highest BCUT2D eigenvalue weighted by atomic mass is 19.4. The molecule has 1 N–H and O–H groups in total. The van der Waals surface area contributed by atoms with Crippen LogP contribution in [0.15, 0.2) is 47.1 Å². The standard InChI is InChI=1S/C15H12F3N3O/c16-15(17,18)14-20-12-6-2-1-5-11(12)13(21-14)19-8-7-10-4-3-9-22-10/h1-6,9H,7-8H2,(H,19,20,21). The van der Waals surface area contributed by atoms with Crippen molar-refractivity contribution in [3.05, 3.63) is 54.2 Å². The fourth-order valence-electron chi connectivity index (χ4n) is 2.10. The maximum absolute atomic E-state index is 12.9. The minimum absolute atomic E-state index is 0.171. The number of halogens is 3. The van der Waals surface area contributed by atoms with E-state index in [-0.39, 0.29) is 11.3 Å². The Morgan fingerprint density at radius 3 is 2.59 bits per heavy atom. The number of fused-ring (bicyclic) bond motifs is 1. The Labute approximate surface area is 124 Å². The van der Waals surface area contributed by atoms with Gasteiger partial charge in [-0.25, -0.2) is 9.97 Å². The van der Waals surface area contributed by atoms with Crippen molar-refractivity contribution in [2.45, 2.75) is 12.6 Å². The number of furan rings is 1. The summed E-state index contributed by atoms with van der Waals surface area (Å²) in [6, 6.07) is 10.2. The number of para-hydroxylation sites is 1. The van der Waals surface area contributed by atoms with Gasteiger partial charge in [-0.2, -0.15) is 13.2 Å². The van der Waals surface area contributed by atoms with E-state index in [2.05, 4.69) is 15.3 Å². The molecule has 0 aliphatic rings. The van der Waals surface area contributed by atoms with Gasteiger partial charge in [0.25, 0.3) is 0 Å². The lowest BCUT2D eigenvalue weighted by atomic mass is 10.2. The first-order chi connectivity index (χ1) is 10.5. The maximum Gasteiger partial charge on any atom is 0.451 e. The highest BCUT2D eigenvalue weighted by Crippen LogP contribution is 2.30. The predicted octanol–water partition coefficient (Wildman–Crippen LogP) is 3.90. The molecular formula is C15H12F3N3O. The molecule has 1 aromatic carbocycles. The second kappa shape index (κ2) is 5.67. The summed E-state index contributed by atoms with van der Waals surface area (Å²) in [6.45, 7) is 0.409. The SMILES string of the molecule is FC(F)(F)c1nc(NCCc2ccco2)c2ccccc2n1. The highest BCUT2D eigenvalue weighted by molar-refractivity contribution is 5.89. The molecule has 0 spiro atoms. The van der Waals surface area contributed by atoms with Gasteiger partial charge < -0.3 is 9.73 Å². The average Bonchev–Trinajstić information content (AvgIpc) is 2.99. The average molecular weight is 307 g/mol. The molecule has 114 valence electrons. The van der Waals surface area contributed by atoms with Crippen molar-refractivity contribution in [3.8, 4) is 0 Å². The molecule has 0 aliphatic carbocycles. The van der Waals surface area contributed by atoms with Gasteiger partial charge in [0, 0.05) is 18.4 Å². The minimum Gasteiger partial charge on any atom is -0.469 e. The lowest BCUT2D eigenvalue weighted by molar-refractivity contribution is -0.144. The van der Waals surface area contributed by atoms with E-state index in [1.807, 2.05) is 0 Å². The maximum atomic E-state index is 12.9. The zero-order chi connectivity index (χ0) is 15.6. The molecule has 0 bridgehead atoms. The van der Waals surface area contributed by atoms with E-state index in [0.29, 0.717) is 18.4 Å². The number of benzene rings is 1. The number of aromatic nitrogens is 2. The fraction of sp³-hybridized carbons (Fsp3) is 0.200. The van der Waals surface area contributed by atoms with Gasteiger partial charge in [0.2, 0.25) is 5.82 Å². The molecule has 0 aliphatic heterocycles. The lowest BCUT2D eigenvalue weighted by Gasteiger charge is -2.11. The number of hydrogen-bond acceptors (Lipinski definition) is 4. The van der Waals surface area contributed by atoms with Gasteiger partial charge in [0.1, 0.15) is 11.6 Å². The van der Waals surface area contributed by atoms with E-state index < -0.39 is 12.0 Å². The Balaban J connectivity index is 1.89. The molecule has 0 unspecified atom stereocenters. The van der Waals surface area contributed by atoms with Crippen LogP contribution in [0, 0.1) is 0 Å². The van der Waals surface area contributed by atoms with E-state index in [1.165, 1.54) is 6.07 Å². The van der Waals surface area contributed by atoms with E-state index in [1.54, 1.807) is 36.6 Å². The summed E-state index contributed by atoms with van der Waals surface area (Å²) in [5.74, 6) is -0.224. The fourth-order valence-corrected chi connectivity index (χ4v) is 2.10. The lowest BCUT2D eigenvalue weighted by Crippen LogP contribution is -2.14. The van der Waals surface area contributed by atoms with E-state index in [9.17, 15) is 13.2 Å². The molecule has 2 aromatic heterocycles. The van der Waals surface area contributed by atoms with Gasteiger partial charge in [-0.1, -0.05) is 12.1 Å². The monoisotopic (exact) mass is 307 g/mol. The third-order valence-corrected chi connectivity index (χ3v) is 3.10. The Hall–Kier alpha value is -2.57. The Morgan fingerprint density at radius 2 is 1.86 bits per heavy atom. The summed E-state index contributed by atoms with van der Waals surface area (Å²) in [6.07, 6.45) is -2.48. The van der Waals surface area contributed by atoms with Gasteiger partial charge in [0.15, 0.2) is 0 Å². The molecular weight excluding hydrogens is 295 g/mol. The van der Waals surface area contributed by atoms with Crippen LogP contribution in [-0.4, -0.2) is 16.5 Å². The molecule has 0 saturated heterocycles. The van der Waals surface area contributed by atoms with Crippen molar-refractivity contribution >= 4 is 16.7 Å². The molecule has 3 rings (SSSR count). The molecule has 2 heterocycles. The Kier molecular flexibility index (Phi) is 3.70. The molecule has 3 aromatic rings. The molecule has 0 atom stereocenters. The van der Waals surface area contributed by atoms with Crippen molar-refractivity contribution in [2.75, 3.05) is 11.9 Å². The minimum atomic E-state index is -4.58. The first-order valence-electron chi connectivity index (χ1n) is 6.64. The smallest absolute Gasteiger partial charge is 0.451 e. The quantitative estimate of drug-likeness (QED) is 0.794. The highest BCUT2D eigenvalue weighted by Gasteiger charge is 2.35. The van der Waals surface area contributed by atoms with Crippen molar-refractivity contribution < 1.29 is 17.6 Å². The molecule has 0 saturated carbocycles. The number of nitrogens with zero attached hydrogens (tertiary/aromatic N) is 2. The number of nitrogens with one attached hydrogen (secondary N) is 1. The van der Waals surface area contributed by atoms with E-state index in [0.717, 1.165) is 5.76 Å². The summed E-state index contributed by atoms with van der Waals surface area (Å²) in [5, 5.41) is 3.48. The Morgan fingerprint density at radius 1 is 1.05 bits per heavy atom. The van der Waals surface area contributed by atoms with Crippen molar-refractivity contribution in [1.82, 2.24) is 9.97 Å². The summed E-state index contributed by atoms with van der Waals surface area (Å²) in [4.78, 5) is 7.18. The van der Waals surface area contributed by atoms with Crippen LogP contribution in [-0.2, 0) is 12.6 Å². The number of anilines is 1. The second-order valence-corrected chi connectivity index (χ2v) is 4.67. The molecule has 22 heavy (non-hydrogen) atoms. The first-order valence-corrected chi connectivity index (χ1v) is 6.64. The normalized spacial score (nSPS) is 11.8. The largest absolute Gasteiger partial charge is 0.469 e. The summed E-state index contributed by atoms with van der Waals surface area (Å²) in [7, 11) is 0. The zero-order valence-corrected chi connectivity index (χ0v) is 11.4. The van der Waals surface area contributed by atoms with Gasteiger partial charge >= 0.3 is 6.18 Å². The number of alkyl halides is 3. The zero-order valence-electron chi connectivity index (χ0n) is 11.4. The summed E-state index contributed by atoms with van der Waals surface area (Å²) in [5.41, 5.74) is 0.255. The topological polar surface area (TPSA) is 51.0 Å². The van der Waals surface area contributed by atoms with Crippen LogP contribution in [0.2, 0.25) is 0 Å². The predicted molar refractivity (Wildman–Crippen MR) is 75.4 cm³/mol. The van der Waals surface area contributed by atoms with Crippen molar-refractivity contribution in [3.63, 3.8) is 0 Å². The van der Waals surface area contributed by atoms with E-state index >= 15 is 0 Å². The van der Waals surface area contributed by atoms with Crippen LogP contribution in [0.4, 0.5) is 19.0 Å². The third kappa shape index (κ3) is 3.03. The van der Waals surface area contributed by atoms with Crippen LogP contribution < -0.4 is 5.32 Å². The van der Waals surface area contributed by atoms with Gasteiger partial charge in [0.05, 0.1) is 11.8 Å². The van der Waals surface area contributed by atoms with Gasteiger partial charge in [-0.3, -0.25) is 0 Å². The van der Waals surface area contributed by atoms with E-state index in [4.69, 9.17) is 4.42 Å². The van der Waals surface area contributed by atoms with Crippen LogP contribution in [0.5, 0.6) is 0 Å². The third-order valence-electron chi connectivity index (χ3n) is 3.10. The van der Waals surface area contributed by atoms with Crippen LogP contribution >= 0.6 is 0 Å². The summed E-state index contributed by atoms with van der Waals surface area (Å²) >= 11 is 0. The summed E-state index contributed by atoms with van der Waals surface area (Å²) < 4.78 is 43.8. The molecule has 7 heteroatoms. The second-order valence-electron chi connectivity index (χ2n) is 4.67. The van der Waals surface area contributed by atoms with Crippen molar-refractivity contribution in [1.29, 1.82) is 0 Å². The Bertz CT molecular complexity index is 769.